The number of anilines is 1. The molecule has 1 heterocycles. The lowest BCUT2D eigenvalue weighted by molar-refractivity contribution is 0.180. The lowest BCUT2D eigenvalue weighted by Gasteiger charge is -2.32. The molecule has 0 aromatic heterocycles. The molecule has 0 spiro atoms. The number of nitrogens with zero attached hydrogens (tertiary/aromatic N) is 1. The molecule has 3 rings (SSSR count). The summed E-state index contributed by atoms with van der Waals surface area (Å²) in [5, 5.41) is 3.00. The lowest BCUT2D eigenvalue weighted by atomic mass is 9.90. The lowest BCUT2D eigenvalue weighted by Crippen LogP contribution is -2.41. The summed E-state index contributed by atoms with van der Waals surface area (Å²) >= 11 is 0. The monoisotopic (exact) mass is 382 g/mol. The van der Waals surface area contributed by atoms with Crippen LogP contribution in [-0.4, -0.2) is 38.2 Å². The molecular formula is C23H30N2O3. The molecule has 1 saturated heterocycles. The quantitative estimate of drug-likeness (QED) is 0.774. The van der Waals surface area contributed by atoms with Crippen molar-refractivity contribution in [2.24, 2.45) is 5.92 Å². The van der Waals surface area contributed by atoms with E-state index in [9.17, 15) is 4.79 Å². The van der Waals surface area contributed by atoms with Gasteiger partial charge in [-0.1, -0.05) is 17.7 Å². The Hall–Kier alpha value is -2.69. The van der Waals surface area contributed by atoms with E-state index < -0.39 is 0 Å². The average molecular weight is 383 g/mol. The highest BCUT2D eigenvalue weighted by atomic mass is 16.5. The number of likely N-dealkylation sites (tertiary alicyclic amines) is 1. The maximum absolute atomic E-state index is 12.5. The summed E-state index contributed by atoms with van der Waals surface area (Å²) in [5.74, 6) is 2.30. The van der Waals surface area contributed by atoms with Gasteiger partial charge in [-0.15, -0.1) is 0 Å². The van der Waals surface area contributed by atoms with Crippen molar-refractivity contribution in [3.8, 4) is 11.5 Å². The number of carbonyl (C=O) groups is 1. The first-order chi connectivity index (χ1) is 13.6. The Balaban J connectivity index is 1.46. The van der Waals surface area contributed by atoms with Crippen molar-refractivity contribution < 1.29 is 14.3 Å². The van der Waals surface area contributed by atoms with Gasteiger partial charge in [-0.25, -0.2) is 4.79 Å². The minimum absolute atomic E-state index is 0.000153. The van der Waals surface area contributed by atoms with Crippen molar-refractivity contribution in [3.05, 3.63) is 53.6 Å². The summed E-state index contributed by atoms with van der Waals surface area (Å²) in [6, 6.07) is 14.0. The topological polar surface area (TPSA) is 50.8 Å². The highest BCUT2D eigenvalue weighted by Crippen LogP contribution is 2.27. The molecule has 1 fully saturated rings. The van der Waals surface area contributed by atoms with Gasteiger partial charge in [-0.05, 0) is 68.4 Å². The van der Waals surface area contributed by atoms with Crippen molar-refractivity contribution in [3.63, 3.8) is 0 Å². The van der Waals surface area contributed by atoms with Gasteiger partial charge < -0.3 is 19.7 Å². The maximum atomic E-state index is 12.5. The predicted octanol–water partition coefficient (Wildman–Crippen LogP) is 4.89. The molecule has 2 amide bonds. The Morgan fingerprint density at radius 1 is 1.04 bits per heavy atom. The number of ether oxygens (including phenoxy) is 2. The summed E-state index contributed by atoms with van der Waals surface area (Å²) in [7, 11) is 3.35. The number of hydrogen-bond donors (Lipinski definition) is 1. The number of rotatable bonds is 6. The average Bonchev–Trinajstić information content (AvgIpc) is 2.74. The minimum atomic E-state index is -0.000153. The van der Waals surface area contributed by atoms with E-state index in [2.05, 4.69) is 17.4 Å². The smallest absolute Gasteiger partial charge is 0.321 e. The van der Waals surface area contributed by atoms with Gasteiger partial charge in [0.05, 0.1) is 14.2 Å². The third kappa shape index (κ3) is 5.41. The van der Waals surface area contributed by atoms with Gasteiger partial charge in [-0.3, -0.25) is 0 Å². The zero-order chi connectivity index (χ0) is 19.9. The molecule has 28 heavy (non-hydrogen) atoms. The number of carbonyl (C=O) groups excluding carboxylic acids is 1. The molecule has 5 nitrogen and oxygen atoms in total. The normalized spacial score (nSPS) is 14.6. The molecule has 1 N–H and O–H groups in total. The van der Waals surface area contributed by atoms with Crippen molar-refractivity contribution in [2.45, 2.75) is 32.6 Å². The second kappa shape index (κ2) is 9.49. The first kappa shape index (κ1) is 20.1. The molecule has 5 heteroatoms. The second-order valence-electron chi connectivity index (χ2n) is 7.49. The Morgan fingerprint density at radius 2 is 1.64 bits per heavy atom. The van der Waals surface area contributed by atoms with E-state index in [1.807, 2.05) is 42.2 Å². The zero-order valence-corrected chi connectivity index (χ0v) is 17.0. The second-order valence-corrected chi connectivity index (χ2v) is 7.49. The van der Waals surface area contributed by atoms with Gasteiger partial charge in [0.25, 0.3) is 0 Å². The highest BCUT2D eigenvalue weighted by Gasteiger charge is 2.22. The Kier molecular flexibility index (Phi) is 6.80. The molecule has 0 aliphatic carbocycles. The molecule has 1 aliphatic rings. The Labute approximate surface area is 167 Å². The van der Waals surface area contributed by atoms with E-state index in [1.165, 1.54) is 11.1 Å². The van der Waals surface area contributed by atoms with Gasteiger partial charge in [0.15, 0.2) is 0 Å². The van der Waals surface area contributed by atoms with Gasteiger partial charge in [0.2, 0.25) is 0 Å². The van der Waals surface area contributed by atoms with Crippen molar-refractivity contribution >= 4 is 11.7 Å². The fourth-order valence-electron chi connectivity index (χ4n) is 3.65. The third-order valence-electron chi connectivity index (χ3n) is 5.46. The van der Waals surface area contributed by atoms with Gasteiger partial charge >= 0.3 is 6.03 Å². The van der Waals surface area contributed by atoms with E-state index in [0.29, 0.717) is 5.92 Å². The molecule has 150 valence electrons. The van der Waals surface area contributed by atoms with E-state index >= 15 is 0 Å². The highest BCUT2D eigenvalue weighted by molar-refractivity contribution is 5.89. The van der Waals surface area contributed by atoms with Crippen LogP contribution in [0.3, 0.4) is 0 Å². The number of methoxy groups -OCH3 is 2. The minimum Gasteiger partial charge on any atom is -0.497 e. The summed E-state index contributed by atoms with van der Waals surface area (Å²) in [5.41, 5.74) is 3.27. The molecule has 0 atom stereocenters. The summed E-state index contributed by atoms with van der Waals surface area (Å²) < 4.78 is 10.7. The van der Waals surface area contributed by atoms with Gasteiger partial charge in [0.1, 0.15) is 11.5 Å². The SMILES string of the molecule is COc1cc(CCC2CCN(C(=O)Nc3ccc(C)cc3)CC2)cc(OC)c1. The summed E-state index contributed by atoms with van der Waals surface area (Å²) in [6.45, 7) is 3.66. The number of amides is 2. The molecule has 1 aliphatic heterocycles. The largest absolute Gasteiger partial charge is 0.497 e. The first-order valence-electron chi connectivity index (χ1n) is 9.92. The standard InChI is InChI=1S/C23H30N2O3/c1-17-4-8-20(9-5-17)24-23(26)25-12-10-18(11-13-25)6-7-19-14-21(27-2)16-22(15-19)28-3/h4-5,8-9,14-16,18H,6-7,10-13H2,1-3H3,(H,24,26). The first-order valence-corrected chi connectivity index (χ1v) is 9.92. The maximum Gasteiger partial charge on any atom is 0.321 e. The number of benzene rings is 2. The van der Waals surface area contributed by atoms with Crippen LogP contribution < -0.4 is 14.8 Å². The van der Waals surface area contributed by atoms with Crippen LogP contribution in [0.2, 0.25) is 0 Å². The zero-order valence-electron chi connectivity index (χ0n) is 17.0. The number of aryl methyl sites for hydroxylation is 2. The number of piperidine rings is 1. The number of urea groups is 1. The molecular weight excluding hydrogens is 352 g/mol. The van der Waals surface area contributed by atoms with Crippen LogP contribution >= 0.6 is 0 Å². The van der Waals surface area contributed by atoms with E-state index in [0.717, 1.165) is 56.0 Å². The molecule has 0 saturated carbocycles. The summed E-state index contributed by atoms with van der Waals surface area (Å²) in [6.07, 6.45) is 4.20. The fourth-order valence-corrected chi connectivity index (χ4v) is 3.65. The van der Waals surface area contributed by atoms with E-state index in [1.54, 1.807) is 14.2 Å². The van der Waals surface area contributed by atoms with Crippen LogP contribution in [0.4, 0.5) is 10.5 Å². The Morgan fingerprint density at radius 3 is 2.21 bits per heavy atom. The van der Waals surface area contributed by atoms with Crippen LogP contribution in [-0.2, 0) is 6.42 Å². The van der Waals surface area contributed by atoms with E-state index in [-0.39, 0.29) is 6.03 Å². The Bertz CT molecular complexity index is 759. The molecule has 0 radical (unpaired) electrons. The van der Waals surface area contributed by atoms with Crippen molar-refractivity contribution in [1.82, 2.24) is 4.90 Å². The van der Waals surface area contributed by atoms with E-state index in [4.69, 9.17) is 9.47 Å². The van der Waals surface area contributed by atoms with Crippen LogP contribution in [0.1, 0.15) is 30.4 Å². The fraction of sp³-hybridized carbons (Fsp3) is 0.435. The number of nitrogens with one attached hydrogen (secondary N) is 1. The van der Waals surface area contributed by atoms with Crippen LogP contribution in [0.15, 0.2) is 42.5 Å². The molecule has 0 unspecified atom stereocenters. The van der Waals surface area contributed by atoms with Gasteiger partial charge in [0, 0.05) is 24.8 Å². The van der Waals surface area contributed by atoms with Crippen LogP contribution in [0, 0.1) is 12.8 Å². The van der Waals surface area contributed by atoms with Crippen LogP contribution in [0.25, 0.3) is 0 Å². The molecule has 2 aromatic rings. The summed E-state index contributed by atoms with van der Waals surface area (Å²) in [4.78, 5) is 14.4. The van der Waals surface area contributed by atoms with Gasteiger partial charge in [-0.2, -0.15) is 0 Å². The third-order valence-corrected chi connectivity index (χ3v) is 5.46. The molecule has 2 aromatic carbocycles. The predicted molar refractivity (Wildman–Crippen MR) is 112 cm³/mol. The van der Waals surface area contributed by atoms with Crippen molar-refractivity contribution in [1.29, 1.82) is 0 Å². The van der Waals surface area contributed by atoms with Crippen molar-refractivity contribution in [2.75, 3.05) is 32.6 Å². The van der Waals surface area contributed by atoms with Crippen LogP contribution in [0.5, 0.6) is 11.5 Å². The molecule has 0 bridgehead atoms. The number of hydrogen-bond acceptors (Lipinski definition) is 3.